The van der Waals surface area contributed by atoms with Crippen LogP contribution in [0.3, 0.4) is 0 Å². The van der Waals surface area contributed by atoms with Gasteiger partial charge in [0.15, 0.2) is 6.10 Å². The highest BCUT2D eigenvalue weighted by atomic mass is 16.8. The predicted molar refractivity (Wildman–Crippen MR) is 165 cm³/mol. The summed E-state index contributed by atoms with van der Waals surface area (Å²) in [7, 11) is 0. The number of hydrogen-bond donors (Lipinski definition) is 5. The molecule has 1 aromatic rings. The monoisotopic (exact) mass is 662 g/mol. The molecule has 2 bridgehead atoms. The lowest BCUT2D eigenvalue weighted by molar-refractivity contribution is -0.374. The number of ether oxygens (including phenoxy) is 3. The number of allylic oxidation sites excluding steroid dienone is 1. The molecule has 10 unspecified atom stereocenters. The Balaban J connectivity index is 1.99. The van der Waals surface area contributed by atoms with Gasteiger partial charge in [-0.2, -0.15) is 0 Å². The summed E-state index contributed by atoms with van der Waals surface area (Å²) < 4.78 is 16.5. The van der Waals surface area contributed by atoms with Gasteiger partial charge in [-0.25, -0.2) is 19.2 Å². The summed E-state index contributed by atoms with van der Waals surface area (Å²) in [6.07, 6.45) is -3.24. The van der Waals surface area contributed by atoms with Gasteiger partial charge in [0, 0.05) is 24.3 Å². The molecule has 2 saturated heterocycles. The molecule has 13 nitrogen and oxygen atoms in total. The number of carboxylic acids is 3. The minimum absolute atomic E-state index is 0.104. The van der Waals surface area contributed by atoms with E-state index in [2.05, 4.69) is 0 Å². The summed E-state index contributed by atoms with van der Waals surface area (Å²) in [6, 6.07) is 9.31. The van der Waals surface area contributed by atoms with E-state index in [4.69, 9.17) is 14.2 Å². The number of aliphatic hydroxyl groups excluding tert-OH is 1. The number of aliphatic hydroxyl groups is 2. The van der Waals surface area contributed by atoms with Crippen molar-refractivity contribution in [1.29, 1.82) is 0 Å². The van der Waals surface area contributed by atoms with Crippen molar-refractivity contribution in [2.45, 2.75) is 108 Å². The quantitative estimate of drug-likeness (QED) is 0.120. The number of aliphatic carboxylic acids is 3. The number of esters is 1. The van der Waals surface area contributed by atoms with E-state index in [9.17, 15) is 49.5 Å². The van der Waals surface area contributed by atoms with E-state index in [0.29, 0.717) is 25.2 Å². The van der Waals surface area contributed by atoms with E-state index in [0.717, 1.165) is 18.1 Å². The van der Waals surface area contributed by atoms with Crippen LogP contribution < -0.4 is 0 Å². The Bertz CT molecular complexity index is 1340. The zero-order valence-corrected chi connectivity index (χ0v) is 27.3. The van der Waals surface area contributed by atoms with Crippen LogP contribution in [0.1, 0.15) is 72.3 Å². The molecule has 0 spiro atoms. The van der Waals surface area contributed by atoms with Crippen LogP contribution in [0.2, 0.25) is 0 Å². The maximum atomic E-state index is 13.5. The van der Waals surface area contributed by atoms with Crippen LogP contribution in [0.25, 0.3) is 0 Å². The average molecular weight is 663 g/mol. The fourth-order valence-electron chi connectivity index (χ4n) is 6.63. The molecule has 2 aliphatic heterocycles. The lowest BCUT2D eigenvalue weighted by Crippen LogP contribution is -2.78. The number of benzene rings is 1. The van der Waals surface area contributed by atoms with E-state index in [1.807, 2.05) is 51.1 Å². The van der Waals surface area contributed by atoms with Crippen LogP contribution in [-0.4, -0.2) is 90.5 Å². The largest absolute Gasteiger partial charge is 0.479 e. The number of Topliss-reactive ketones (excluding diaryl/α,β-unsaturated/α-hetero) is 1. The average Bonchev–Trinajstić information content (AvgIpc) is 3.24. The van der Waals surface area contributed by atoms with Crippen molar-refractivity contribution in [3.63, 3.8) is 0 Å². The maximum absolute atomic E-state index is 13.5. The number of fused-ring (bicyclic) bond motifs is 2. The van der Waals surface area contributed by atoms with Crippen molar-refractivity contribution in [2.75, 3.05) is 0 Å². The number of carbonyl (C=O) groups excluding carboxylic acids is 2. The van der Waals surface area contributed by atoms with Crippen molar-refractivity contribution in [1.82, 2.24) is 0 Å². The summed E-state index contributed by atoms with van der Waals surface area (Å²) >= 11 is 0. The van der Waals surface area contributed by atoms with E-state index in [1.165, 1.54) is 6.08 Å². The molecule has 1 aromatic carbocycles. The van der Waals surface area contributed by atoms with Crippen molar-refractivity contribution in [3.8, 4) is 0 Å². The fraction of sp³-hybridized carbons (Fsp3) is 0.618. The molecule has 0 amide bonds. The molecule has 2 fully saturated rings. The smallest absolute Gasteiger partial charge is 0.344 e. The highest BCUT2D eigenvalue weighted by Crippen LogP contribution is 2.56. The van der Waals surface area contributed by atoms with Crippen LogP contribution in [-0.2, 0) is 44.6 Å². The molecular formula is C34H46O13. The molecule has 13 heteroatoms. The molecular weight excluding hydrogens is 616 g/mol. The van der Waals surface area contributed by atoms with Crippen LogP contribution >= 0.6 is 0 Å². The van der Waals surface area contributed by atoms with Crippen LogP contribution in [0.4, 0.5) is 0 Å². The molecule has 0 aliphatic carbocycles. The molecule has 260 valence electrons. The van der Waals surface area contributed by atoms with Gasteiger partial charge in [0.2, 0.25) is 23.1 Å². The molecule has 47 heavy (non-hydrogen) atoms. The Labute approximate surface area is 273 Å². The maximum Gasteiger partial charge on any atom is 0.344 e. The number of ketones is 1. The lowest BCUT2D eigenvalue weighted by atomic mass is 9.74. The molecule has 0 radical (unpaired) electrons. The van der Waals surface area contributed by atoms with Gasteiger partial charge < -0.3 is 39.7 Å². The summed E-state index contributed by atoms with van der Waals surface area (Å²) in [5.41, 5.74) is -6.45. The van der Waals surface area contributed by atoms with Gasteiger partial charge in [-0.05, 0) is 43.1 Å². The number of rotatable bonds is 17. The molecule has 0 aromatic heterocycles. The molecule has 10 atom stereocenters. The highest BCUT2D eigenvalue weighted by Gasteiger charge is 2.85. The summed E-state index contributed by atoms with van der Waals surface area (Å²) in [4.78, 5) is 64.2. The standard InChI is InChI=1S/C34H46O13/c1-6-19(3)17-20(4)13-14-24(35)45-27-26(37)32(16-15-23(7-2)25(36)21(5)18-22-11-9-8-10-12-22)46-28(29(38)39)33(44,30(40)41)34(27,47-32)31(42)43/h8-14,19-21,23,26-28,37,44H,6-7,15-18H2,1-5H3,(H,38,39)(H,40,41)(H,42,43)/b14-13+. The van der Waals surface area contributed by atoms with Gasteiger partial charge in [0.1, 0.15) is 11.9 Å². The molecule has 5 N–H and O–H groups in total. The van der Waals surface area contributed by atoms with Crippen molar-refractivity contribution < 1.29 is 63.7 Å². The van der Waals surface area contributed by atoms with Gasteiger partial charge in [0.05, 0.1) is 0 Å². The van der Waals surface area contributed by atoms with Crippen LogP contribution in [0.15, 0.2) is 42.5 Å². The Morgan fingerprint density at radius 3 is 2.15 bits per heavy atom. The minimum Gasteiger partial charge on any atom is -0.479 e. The van der Waals surface area contributed by atoms with Gasteiger partial charge in [-0.1, -0.05) is 77.4 Å². The Kier molecular flexibility index (Phi) is 12.1. The van der Waals surface area contributed by atoms with E-state index >= 15 is 0 Å². The second-order valence-electron chi connectivity index (χ2n) is 12.9. The van der Waals surface area contributed by atoms with E-state index < -0.39 is 77.4 Å². The fourth-order valence-corrected chi connectivity index (χ4v) is 6.63. The molecule has 2 heterocycles. The highest BCUT2D eigenvalue weighted by molar-refractivity contribution is 5.98. The SMILES string of the molecule is CCC(C)CC(C)/C=C/C(=O)OC1C(O)C2(CCC(CC)C(=O)C(C)Cc3ccccc3)OC(C(=O)O)C(O)(C(=O)O)C1(C(=O)O)O2. The number of hydrogen-bond acceptors (Lipinski definition) is 10. The molecule has 0 saturated carbocycles. The Morgan fingerprint density at radius 1 is 0.979 bits per heavy atom. The first-order valence-electron chi connectivity index (χ1n) is 15.9. The minimum atomic E-state index is -3.87. The number of carboxylic acid groups (broad SMARTS) is 3. The van der Waals surface area contributed by atoms with Gasteiger partial charge >= 0.3 is 23.9 Å². The van der Waals surface area contributed by atoms with Gasteiger partial charge in [-0.15, -0.1) is 0 Å². The summed E-state index contributed by atoms with van der Waals surface area (Å²) in [5, 5.41) is 53.4. The summed E-state index contributed by atoms with van der Waals surface area (Å²) in [5.74, 6) is -11.4. The molecule has 2 aliphatic rings. The van der Waals surface area contributed by atoms with Crippen molar-refractivity contribution in [3.05, 3.63) is 48.0 Å². The van der Waals surface area contributed by atoms with E-state index in [1.54, 1.807) is 13.8 Å². The normalized spacial score (nSPS) is 31.1. The summed E-state index contributed by atoms with van der Waals surface area (Å²) in [6.45, 7) is 9.37. The van der Waals surface area contributed by atoms with Crippen LogP contribution in [0, 0.1) is 23.7 Å². The van der Waals surface area contributed by atoms with Gasteiger partial charge in [0.25, 0.3) is 0 Å². The van der Waals surface area contributed by atoms with Gasteiger partial charge in [-0.3, -0.25) is 4.79 Å². The molecule has 3 rings (SSSR count). The Hall–Kier alpha value is -3.65. The zero-order valence-electron chi connectivity index (χ0n) is 27.3. The second kappa shape index (κ2) is 15.1. The zero-order chi connectivity index (χ0) is 35.3. The van der Waals surface area contributed by atoms with Crippen molar-refractivity contribution >= 4 is 29.7 Å². The third kappa shape index (κ3) is 7.28. The van der Waals surface area contributed by atoms with Crippen LogP contribution in [0.5, 0.6) is 0 Å². The third-order valence-corrected chi connectivity index (χ3v) is 9.48. The van der Waals surface area contributed by atoms with E-state index in [-0.39, 0.29) is 18.1 Å². The Morgan fingerprint density at radius 2 is 1.62 bits per heavy atom. The topological polar surface area (TPSA) is 214 Å². The predicted octanol–water partition coefficient (Wildman–Crippen LogP) is 2.99. The first kappa shape index (κ1) is 37.8. The second-order valence-corrected chi connectivity index (χ2v) is 12.9. The van der Waals surface area contributed by atoms with Crippen molar-refractivity contribution in [2.24, 2.45) is 23.7 Å². The lowest BCUT2D eigenvalue weighted by Gasteiger charge is -2.48. The first-order chi connectivity index (χ1) is 22.0. The number of carbonyl (C=O) groups is 5. The third-order valence-electron chi connectivity index (χ3n) is 9.48. The first-order valence-corrected chi connectivity index (χ1v) is 15.9.